The molecule has 1 aromatic rings. The van der Waals surface area contributed by atoms with Gasteiger partial charge in [-0.25, -0.2) is 4.79 Å². The highest BCUT2D eigenvalue weighted by Gasteiger charge is 2.21. The normalized spacial score (nSPS) is 11.8. The minimum Gasteiger partial charge on any atom is -0.479 e. The molecule has 0 aliphatic carbocycles. The second-order valence-electron chi connectivity index (χ2n) is 4.21. The minimum atomic E-state index is -1.04. The third-order valence-electron chi connectivity index (χ3n) is 2.69. The van der Waals surface area contributed by atoms with E-state index in [9.17, 15) is 9.59 Å². The molecule has 1 aromatic carbocycles. The lowest BCUT2D eigenvalue weighted by Crippen LogP contribution is -2.33. The van der Waals surface area contributed by atoms with Crippen molar-refractivity contribution in [3.05, 3.63) is 35.9 Å². The van der Waals surface area contributed by atoms with Gasteiger partial charge in [0.05, 0.1) is 0 Å². The number of carbonyl (C=O) groups is 2. The fraction of sp³-hybridized carbons (Fsp3) is 0.429. The number of nitrogens with one attached hydrogen (secondary N) is 1. The highest BCUT2D eigenvalue weighted by Crippen LogP contribution is 2.13. The number of benzene rings is 1. The van der Waals surface area contributed by atoms with Gasteiger partial charge >= 0.3 is 5.97 Å². The zero-order valence-electron chi connectivity index (χ0n) is 10.6. The van der Waals surface area contributed by atoms with Gasteiger partial charge in [-0.2, -0.15) is 0 Å². The van der Waals surface area contributed by atoms with Crippen LogP contribution in [0.25, 0.3) is 0 Å². The van der Waals surface area contributed by atoms with Crippen molar-refractivity contribution in [2.75, 3.05) is 0 Å². The monoisotopic (exact) mass is 249 g/mol. The molecule has 1 amide bonds. The number of carboxylic acids is 1. The summed E-state index contributed by atoms with van der Waals surface area (Å²) in [5.74, 6) is -1.25. The molecule has 1 atom stereocenters. The van der Waals surface area contributed by atoms with E-state index in [-0.39, 0.29) is 5.91 Å². The van der Waals surface area contributed by atoms with Crippen LogP contribution in [0.2, 0.25) is 0 Å². The summed E-state index contributed by atoms with van der Waals surface area (Å²) in [5, 5.41) is 11.7. The van der Waals surface area contributed by atoms with Crippen LogP contribution in [-0.2, 0) is 9.59 Å². The van der Waals surface area contributed by atoms with Crippen LogP contribution in [0.3, 0.4) is 0 Å². The maximum Gasteiger partial charge on any atom is 0.330 e. The SMILES string of the molecule is CCCCCC(=O)N[C@H](C(=O)O)c1ccccc1. The molecular formula is C14H19NO3. The van der Waals surface area contributed by atoms with E-state index in [4.69, 9.17) is 5.11 Å². The summed E-state index contributed by atoms with van der Waals surface area (Å²) in [7, 11) is 0. The van der Waals surface area contributed by atoms with Crippen molar-refractivity contribution >= 4 is 11.9 Å². The van der Waals surface area contributed by atoms with E-state index >= 15 is 0 Å². The number of amides is 1. The number of carboxylic acid groups (broad SMARTS) is 1. The summed E-state index contributed by atoms with van der Waals surface area (Å²) in [6, 6.07) is 7.77. The van der Waals surface area contributed by atoms with Crippen LogP contribution in [0.5, 0.6) is 0 Å². The van der Waals surface area contributed by atoms with Gasteiger partial charge in [-0.1, -0.05) is 50.1 Å². The lowest BCUT2D eigenvalue weighted by atomic mass is 10.1. The number of hydrogen-bond donors (Lipinski definition) is 2. The predicted molar refractivity (Wildman–Crippen MR) is 69.1 cm³/mol. The molecule has 4 heteroatoms. The third-order valence-corrected chi connectivity index (χ3v) is 2.69. The molecule has 0 fully saturated rings. The molecule has 98 valence electrons. The van der Waals surface area contributed by atoms with Crippen molar-refractivity contribution in [2.45, 2.75) is 38.6 Å². The van der Waals surface area contributed by atoms with Gasteiger partial charge < -0.3 is 10.4 Å². The Morgan fingerprint density at radius 1 is 1.22 bits per heavy atom. The Labute approximate surface area is 107 Å². The lowest BCUT2D eigenvalue weighted by molar-refractivity contribution is -0.142. The molecule has 0 bridgehead atoms. The van der Waals surface area contributed by atoms with E-state index in [0.29, 0.717) is 12.0 Å². The predicted octanol–water partition coefficient (Wildman–Crippen LogP) is 2.51. The summed E-state index contributed by atoms with van der Waals surface area (Å²) in [4.78, 5) is 22.8. The number of aliphatic carboxylic acids is 1. The number of hydrogen-bond acceptors (Lipinski definition) is 2. The minimum absolute atomic E-state index is 0.209. The summed E-state index contributed by atoms with van der Waals surface area (Å²) < 4.78 is 0. The van der Waals surface area contributed by atoms with Crippen LogP contribution in [-0.4, -0.2) is 17.0 Å². The fourth-order valence-electron chi connectivity index (χ4n) is 1.70. The van der Waals surface area contributed by atoms with Crippen LogP contribution < -0.4 is 5.32 Å². The molecule has 0 aliphatic heterocycles. The molecule has 0 saturated heterocycles. The maximum atomic E-state index is 11.6. The van der Waals surface area contributed by atoms with Gasteiger partial charge in [-0.3, -0.25) is 4.79 Å². The van der Waals surface area contributed by atoms with Crippen LogP contribution in [0.1, 0.15) is 44.2 Å². The molecule has 0 radical (unpaired) electrons. The molecule has 2 N–H and O–H groups in total. The molecule has 18 heavy (non-hydrogen) atoms. The van der Waals surface area contributed by atoms with Gasteiger partial charge in [0, 0.05) is 6.42 Å². The Morgan fingerprint density at radius 3 is 2.44 bits per heavy atom. The van der Waals surface area contributed by atoms with Crippen LogP contribution >= 0.6 is 0 Å². The molecule has 0 aromatic heterocycles. The maximum absolute atomic E-state index is 11.6. The average Bonchev–Trinajstić information content (AvgIpc) is 2.37. The van der Waals surface area contributed by atoms with E-state index in [0.717, 1.165) is 19.3 Å². The Morgan fingerprint density at radius 2 is 1.89 bits per heavy atom. The lowest BCUT2D eigenvalue weighted by Gasteiger charge is -2.14. The smallest absolute Gasteiger partial charge is 0.330 e. The zero-order chi connectivity index (χ0) is 13.4. The first kappa shape index (κ1) is 14.2. The highest BCUT2D eigenvalue weighted by molar-refractivity contribution is 5.84. The van der Waals surface area contributed by atoms with Gasteiger partial charge in [-0.05, 0) is 12.0 Å². The van der Waals surface area contributed by atoms with Gasteiger partial charge in [0.25, 0.3) is 0 Å². The average molecular weight is 249 g/mol. The first-order valence-corrected chi connectivity index (χ1v) is 6.22. The number of rotatable bonds is 7. The molecule has 0 heterocycles. The molecule has 4 nitrogen and oxygen atoms in total. The van der Waals surface area contributed by atoms with E-state index in [1.807, 2.05) is 6.07 Å². The molecule has 0 aliphatic rings. The van der Waals surface area contributed by atoms with Crippen molar-refractivity contribution in [1.29, 1.82) is 0 Å². The van der Waals surface area contributed by atoms with E-state index in [2.05, 4.69) is 12.2 Å². The number of unbranched alkanes of at least 4 members (excludes halogenated alkanes) is 2. The van der Waals surface area contributed by atoms with Crippen molar-refractivity contribution in [3.8, 4) is 0 Å². The Kier molecular flexibility index (Phi) is 5.91. The quantitative estimate of drug-likeness (QED) is 0.730. The molecule has 0 unspecified atom stereocenters. The molecular weight excluding hydrogens is 230 g/mol. The van der Waals surface area contributed by atoms with Crippen LogP contribution in [0.15, 0.2) is 30.3 Å². The highest BCUT2D eigenvalue weighted by atomic mass is 16.4. The summed E-state index contributed by atoms with van der Waals surface area (Å²) in [6.07, 6.45) is 3.19. The molecule has 1 rings (SSSR count). The summed E-state index contributed by atoms with van der Waals surface area (Å²) >= 11 is 0. The Balaban J connectivity index is 2.59. The van der Waals surface area contributed by atoms with Crippen molar-refractivity contribution < 1.29 is 14.7 Å². The fourth-order valence-corrected chi connectivity index (χ4v) is 1.70. The summed E-state index contributed by atoms with van der Waals surface area (Å²) in [5.41, 5.74) is 0.592. The van der Waals surface area contributed by atoms with E-state index in [1.165, 1.54) is 0 Å². The molecule has 0 saturated carbocycles. The largest absolute Gasteiger partial charge is 0.479 e. The first-order valence-electron chi connectivity index (χ1n) is 6.22. The van der Waals surface area contributed by atoms with Gasteiger partial charge in [0.1, 0.15) is 0 Å². The van der Waals surface area contributed by atoms with Gasteiger partial charge in [-0.15, -0.1) is 0 Å². The standard InChI is InChI=1S/C14H19NO3/c1-2-3-5-10-12(16)15-13(14(17)18)11-8-6-4-7-9-11/h4,6-9,13H,2-3,5,10H2,1H3,(H,15,16)(H,17,18)/t13-/m0/s1. The second-order valence-corrected chi connectivity index (χ2v) is 4.21. The van der Waals surface area contributed by atoms with E-state index in [1.54, 1.807) is 24.3 Å². The van der Waals surface area contributed by atoms with E-state index < -0.39 is 12.0 Å². The van der Waals surface area contributed by atoms with Crippen LogP contribution in [0.4, 0.5) is 0 Å². The van der Waals surface area contributed by atoms with Gasteiger partial charge in [0.15, 0.2) is 6.04 Å². The first-order chi connectivity index (χ1) is 8.65. The molecule has 0 spiro atoms. The zero-order valence-corrected chi connectivity index (χ0v) is 10.6. The van der Waals surface area contributed by atoms with Crippen molar-refractivity contribution in [1.82, 2.24) is 5.32 Å². The van der Waals surface area contributed by atoms with Gasteiger partial charge in [0.2, 0.25) is 5.91 Å². The Hall–Kier alpha value is -1.84. The number of carbonyl (C=O) groups excluding carboxylic acids is 1. The van der Waals surface area contributed by atoms with Crippen molar-refractivity contribution in [2.24, 2.45) is 0 Å². The van der Waals surface area contributed by atoms with Crippen LogP contribution in [0, 0.1) is 0 Å². The topological polar surface area (TPSA) is 66.4 Å². The second kappa shape index (κ2) is 7.48. The Bertz CT molecular complexity index is 389. The van der Waals surface area contributed by atoms with Crippen molar-refractivity contribution in [3.63, 3.8) is 0 Å². The third kappa shape index (κ3) is 4.57. The summed E-state index contributed by atoms with van der Waals surface area (Å²) in [6.45, 7) is 2.06.